The quantitative estimate of drug-likeness (QED) is 0.0217. The van der Waals surface area contributed by atoms with Gasteiger partial charge in [0.05, 0.1) is 34.4 Å². The van der Waals surface area contributed by atoms with E-state index in [0.717, 1.165) is 32.1 Å². The number of nitrogens with zero attached hydrogens (tertiary/aromatic N) is 1. The van der Waals surface area contributed by atoms with E-state index in [-0.39, 0.29) is 25.8 Å². The van der Waals surface area contributed by atoms with Gasteiger partial charge in [-0.05, 0) is 38.5 Å². The van der Waals surface area contributed by atoms with Crippen LogP contribution in [-0.2, 0) is 27.9 Å². The Morgan fingerprint density at radius 2 is 1.13 bits per heavy atom. The predicted molar refractivity (Wildman–Crippen MR) is 190 cm³/mol. The largest absolute Gasteiger partial charge is 0.756 e. The lowest BCUT2D eigenvalue weighted by atomic mass is 10.1. The molecule has 46 heavy (non-hydrogen) atoms. The van der Waals surface area contributed by atoms with Gasteiger partial charge in [-0.25, -0.2) is 0 Å². The molecule has 8 nitrogen and oxygen atoms in total. The van der Waals surface area contributed by atoms with E-state index in [1.165, 1.54) is 109 Å². The number of ether oxygens (including phenoxy) is 2. The first-order valence-electron chi connectivity index (χ1n) is 18.9. The van der Waals surface area contributed by atoms with Crippen LogP contribution in [0.25, 0.3) is 0 Å². The minimum atomic E-state index is -4.51. The maximum absolute atomic E-state index is 12.5. The van der Waals surface area contributed by atoms with Crippen LogP contribution in [0.3, 0.4) is 0 Å². The fourth-order valence-electron chi connectivity index (χ4n) is 5.07. The summed E-state index contributed by atoms with van der Waals surface area (Å²) < 4.78 is 34.3. The zero-order valence-corrected chi connectivity index (χ0v) is 31.7. The molecule has 0 aliphatic rings. The van der Waals surface area contributed by atoms with Crippen molar-refractivity contribution in [2.75, 3.05) is 54.1 Å². The van der Waals surface area contributed by atoms with Gasteiger partial charge >= 0.3 is 5.97 Å². The van der Waals surface area contributed by atoms with Crippen LogP contribution in [0, 0.1) is 0 Å². The Hall–Kier alpha value is -0.760. The molecule has 0 saturated heterocycles. The van der Waals surface area contributed by atoms with Crippen molar-refractivity contribution in [2.24, 2.45) is 0 Å². The summed E-state index contributed by atoms with van der Waals surface area (Å²) in [6.07, 6.45) is 30.9. The highest BCUT2D eigenvalue weighted by atomic mass is 31.2. The van der Waals surface area contributed by atoms with E-state index in [1.54, 1.807) is 0 Å². The minimum Gasteiger partial charge on any atom is -0.756 e. The molecule has 0 N–H and O–H groups in total. The number of carbonyl (C=O) groups is 1. The van der Waals surface area contributed by atoms with Gasteiger partial charge in [0, 0.05) is 13.0 Å². The lowest BCUT2D eigenvalue weighted by Crippen LogP contribution is -2.37. The van der Waals surface area contributed by atoms with Gasteiger partial charge in [-0.2, -0.15) is 0 Å². The highest BCUT2D eigenvalue weighted by molar-refractivity contribution is 7.45. The highest BCUT2D eigenvalue weighted by Crippen LogP contribution is 2.38. The Morgan fingerprint density at radius 1 is 0.652 bits per heavy atom. The van der Waals surface area contributed by atoms with Crippen molar-refractivity contribution in [1.29, 1.82) is 0 Å². The molecule has 2 unspecified atom stereocenters. The lowest BCUT2D eigenvalue weighted by Gasteiger charge is -2.28. The van der Waals surface area contributed by atoms with E-state index in [2.05, 4.69) is 26.0 Å². The third-order valence-corrected chi connectivity index (χ3v) is 9.03. The smallest absolute Gasteiger partial charge is 0.306 e. The Balaban J connectivity index is 4.18. The summed E-state index contributed by atoms with van der Waals surface area (Å²) in [6, 6.07) is 0. The number of rotatable bonds is 35. The van der Waals surface area contributed by atoms with Gasteiger partial charge in [-0.15, -0.1) is 0 Å². The monoisotopic (exact) mass is 676 g/mol. The van der Waals surface area contributed by atoms with Crippen molar-refractivity contribution < 1.29 is 37.3 Å². The molecule has 0 aromatic rings. The second-order valence-corrected chi connectivity index (χ2v) is 15.4. The van der Waals surface area contributed by atoms with Crippen molar-refractivity contribution in [2.45, 2.75) is 168 Å². The first kappa shape index (κ1) is 45.2. The molecular formula is C37H74NO7P. The molecule has 0 fully saturated rings. The lowest BCUT2D eigenvalue weighted by molar-refractivity contribution is -0.870. The van der Waals surface area contributed by atoms with Crippen LogP contribution in [0.15, 0.2) is 12.2 Å². The standard InChI is InChI=1S/C37H74NO7P/c1-6-8-10-12-14-15-16-17-18-19-20-21-22-23-25-27-29-32-42-34-36(35-44-46(40,41)43-33-31-38(3,4)5)45-37(39)30-28-26-24-13-11-9-7-2/h18-19,36H,6-17,20-35H2,1-5H3/b19-18-. The average Bonchev–Trinajstić information content (AvgIpc) is 2.99. The normalized spacial score (nSPS) is 14.1. The second kappa shape index (κ2) is 31.5. The Morgan fingerprint density at radius 3 is 1.65 bits per heavy atom. The number of hydrogen-bond acceptors (Lipinski definition) is 7. The first-order chi connectivity index (χ1) is 22.1. The molecular weight excluding hydrogens is 601 g/mol. The van der Waals surface area contributed by atoms with E-state index in [4.69, 9.17) is 18.5 Å². The molecule has 9 heteroatoms. The van der Waals surface area contributed by atoms with Crippen LogP contribution in [-0.4, -0.2) is 70.7 Å². The predicted octanol–water partition coefficient (Wildman–Crippen LogP) is 9.69. The highest BCUT2D eigenvalue weighted by Gasteiger charge is 2.20. The molecule has 0 aliphatic heterocycles. The maximum Gasteiger partial charge on any atom is 0.306 e. The van der Waals surface area contributed by atoms with E-state index in [0.29, 0.717) is 24.1 Å². The molecule has 0 saturated carbocycles. The SMILES string of the molecule is CCCCCCCCC/C=C\CCCCCCCCOCC(COP(=O)([O-])OCC[N+](C)(C)C)OC(=O)CCCCCCCCC. The Kier molecular flexibility index (Phi) is 31.0. The summed E-state index contributed by atoms with van der Waals surface area (Å²) in [5.74, 6) is -0.343. The van der Waals surface area contributed by atoms with Gasteiger partial charge in [-0.1, -0.05) is 129 Å². The van der Waals surface area contributed by atoms with Crippen LogP contribution in [0.1, 0.15) is 162 Å². The van der Waals surface area contributed by atoms with Crippen molar-refractivity contribution >= 4 is 13.8 Å². The number of hydrogen-bond donors (Lipinski definition) is 0. The van der Waals surface area contributed by atoms with E-state index in [1.807, 2.05) is 21.1 Å². The average molecular weight is 676 g/mol. The maximum atomic E-state index is 12.5. The molecule has 274 valence electrons. The molecule has 0 spiro atoms. The van der Waals surface area contributed by atoms with E-state index < -0.39 is 13.9 Å². The van der Waals surface area contributed by atoms with Gasteiger partial charge < -0.3 is 27.9 Å². The molecule has 0 amide bonds. The summed E-state index contributed by atoms with van der Waals surface area (Å²) >= 11 is 0. The van der Waals surface area contributed by atoms with Crippen LogP contribution in [0.2, 0.25) is 0 Å². The summed E-state index contributed by atoms with van der Waals surface area (Å²) in [5.41, 5.74) is 0. The number of quaternary nitrogens is 1. The van der Waals surface area contributed by atoms with Gasteiger partial charge in [0.2, 0.25) is 0 Å². The number of esters is 1. The Bertz CT molecular complexity index is 756. The summed E-state index contributed by atoms with van der Waals surface area (Å²) in [7, 11) is 1.36. The topological polar surface area (TPSA) is 94.1 Å². The molecule has 0 aliphatic carbocycles. The third kappa shape index (κ3) is 34.6. The summed E-state index contributed by atoms with van der Waals surface area (Å²) in [6.45, 7) is 5.35. The van der Waals surface area contributed by atoms with E-state index >= 15 is 0 Å². The Labute approximate surface area is 284 Å². The molecule has 0 aromatic heterocycles. The fourth-order valence-corrected chi connectivity index (χ4v) is 5.80. The van der Waals surface area contributed by atoms with Gasteiger partial charge in [0.15, 0.2) is 0 Å². The van der Waals surface area contributed by atoms with Gasteiger partial charge in [-0.3, -0.25) is 9.36 Å². The molecule has 0 aromatic carbocycles. The second-order valence-electron chi connectivity index (χ2n) is 13.9. The summed E-state index contributed by atoms with van der Waals surface area (Å²) in [4.78, 5) is 24.7. The number of allylic oxidation sites excluding steroid dienone is 2. The van der Waals surface area contributed by atoms with Crippen LogP contribution >= 0.6 is 7.82 Å². The van der Waals surface area contributed by atoms with Gasteiger partial charge in [0.25, 0.3) is 7.82 Å². The van der Waals surface area contributed by atoms with Crippen molar-refractivity contribution in [3.05, 3.63) is 12.2 Å². The van der Waals surface area contributed by atoms with Crippen LogP contribution in [0.5, 0.6) is 0 Å². The zero-order chi connectivity index (χ0) is 34.2. The zero-order valence-electron chi connectivity index (χ0n) is 30.8. The third-order valence-electron chi connectivity index (χ3n) is 8.07. The van der Waals surface area contributed by atoms with Crippen LogP contribution in [0.4, 0.5) is 0 Å². The van der Waals surface area contributed by atoms with Crippen molar-refractivity contribution in [3.8, 4) is 0 Å². The minimum absolute atomic E-state index is 0.0273. The van der Waals surface area contributed by atoms with Crippen molar-refractivity contribution in [1.82, 2.24) is 0 Å². The fraction of sp³-hybridized carbons (Fsp3) is 0.919. The molecule has 0 bridgehead atoms. The van der Waals surface area contributed by atoms with Crippen molar-refractivity contribution in [3.63, 3.8) is 0 Å². The van der Waals surface area contributed by atoms with Crippen LogP contribution < -0.4 is 4.89 Å². The summed E-state index contributed by atoms with van der Waals surface area (Å²) in [5, 5.41) is 0. The number of unbranched alkanes of at least 4 members (excludes halogenated alkanes) is 19. The van der Waals surface area contributed by atoms with Gasteiger partial charge in [0.1, 0.15) is 19.3 Å². The molecule has 0 radical (unpaired) electrons. The molecule has 2 atom stereocenters. The molecule has 0 heterocycles. The number of phosphoric acid groups is 1. The number of phosphoric ester groups is 1. The first-order valence-corrected chi connectivity index (χ1v) is 20.4. The van der Waals surface area contributed by atoms with E-state index in [9.17, 15) is 14.3 Å². The number of likely N-dealkylation sites (N-methyl/N-ethyl adjacent to an activating group) is 1. The number of carbonyl (C=O) groups excluding carboxylic acids is 1. The molecule has 0 rings (SSSR count).